The SMILES string of the molecule is COC(=O)Oc1ccc(/C=C/C(=O)O[C@@H](C(=O)O)[C@@H](OC(=O)/C=C/c2ccc(OC(=O)OC)c(OC)c2)C(=O)O)cc1OC. The lowest BCUT2D eigenvalue weighted by atomic mass is 10.1. The Bertz CT molecular complexity index is 1350. The lowest BCUT2D eigenvalue weighted by Gasteiger charge is -2.19. The molecule has 2 rings (SSSR count). The first-order chi connectivity index (χ1) is 20.9. The summed E-state index contributed by atoms with van der Waals surface area (Å²) in [6.07, 6.45) is -2.94. The number of benzene rings is 2. The van der Waals surface area contributed by atoms with Gasteiger partial charge >= 0.3 is 36.2 Å². The van der Waals surface area contributed by atoms with E-state index in [0.29, 0.717) is 11.1 Å². The molecule has 0 aliphatic carbocycles. The van der Waals surface area contributed by atoms with Crippen molar-refractivity contribution < 1.29 is 76.9 Å². The van der Waals surface area contributed by atoms with Crippen LogP contribution in [0.2, 0.25) is 0 Å². The number of methoxy groups -OCH3 is 4. The van der Waals surface area contributed by atoms with Gasteiger partial charge in [0.15, 0.2) is 23.0 Å². The van der Waals surface area contributed by atoms with Crippen LogP contribution in [0.15, 0.2) is 48.6 Å². The third kappa shape index (κ3) is 10.1. The van der Waals surface area contributed by atoms with E-state index in [0.717, 1.165) is 26.4 Å². The summed E-state index contributed by atoms with van der Waals surface area (Å²) in [5.41, 5.74) is 0.631. The number of aliphatic carboxylic acids is 2. The molecule has 0 unspecified atom stereocenters. The van der Waals surface area contributed by atoms with Crippen molar-refractivity contribution in [1.82, 2.24) is 0 Å². The first-order valence-corrected chi connectivity index (χ1v) is 12.0. The Kier molecular flexibility index (Phi) is 12.7. The minimum atomic E-state index is -2.43. The Balaban J connectivity index is 2.14. The van der Waals surface area contributed by atoms with Crippen molar-refractivity contribution in [3.05, 3.63) is 59.7 Å². The van der Waals surface area contributed by atoms with Gasteiger partial charge in [0.1, 0.15) is 0 Å². The standard InChI is InChI=1S/C28H26O16/c1-37-19-13-15(5-9-17(19)41-27(35)39-3)7-11-21(29)43-23(25(31)32)24(26(33)34)44-22(30)12-8-16-6-10-18(20(14-16)38-2)42-28(36)40-4/h5-14,23-24H,1-4H3,(H,31,32)(H,33,34)/b11-7+,12-8+/t23-,24-/m1/s1. The van der Waals surface area contributed by atoms with Crippen molar-refractivity contribution >= 4 is 48.3 Å². The average molecular weight is 619 g/mol. The number of carbonyl (C=O) groups is 6. The minimum Gasteiger partial charge on any atom is -0.493 e. The molecule has 0 amide bonds. The van der Waals surface area contributed by atoms with Crippen LogP contribution in [0.1, 0.15) is 11.1 Å². The zero-order valence-electron chi connectivity index (χ0n) is 23.5. The van der Waals surface area contributed by atoms with Gasteiger partial charge < -0.3 is 48.1 Å². The van der Waals surface area contributed by atoms with E-state index in [1.54, 1.807) is 0 Å². The maximum atomic E-state index is 12.3. The number of ether oxygens (including phenoxy) is 8. The molecule has 0 aliphatic heterocycles. The Labute approximate surface area is 248 Å². The Morgan fingerprint density at radius 2 is 0.955 bits per heavy atom. The van der Waals surface area contributed by atoms with Crippen molar-refractivity contribution in [3.8, 4) is 23.0 Å². The highest BCUT2D eigenvalue weighted by molar-refractivity contribution is 5.93. The molecule has 44 heavy (non-hydrogen) atoms. The fourth-order valence-electron chi connectivity index (χ4n) is 3.15. The number of carbonyl (C=O) groups excluding carboxylic acids is 4. The van der Waals surface area contributed by atoms with Gasteiger partial charge in [0.2, 0.25) is 12.2 Å². The molecule has 16 nitrogen and oxygen atoms in total. The maximum absolute atomic E-state index is 12.3. The number of esters is 2. The molecular weight excluding hydrogens is 592 g/mol. The van der Waals surface area contributed by atoms with Gasteiger partial charge in [-0.3, -0.25) is 0 Å². The van der Waals surface area contributed by atoms with E-state index in [1.807, 2.05) is 0 Å². The molecule has 2 aromatic rings. The van der Waals surface area contributed by atoms with Gasteiger partial charge in [0.05, 0.1) is 28.4 Å². The summed E-state index contributed by atoms with van der Waals surface area (Å²) in [7, 11) is 4.80. The molecular formula is C28H26O16. The summed E-state index contributed by atoms with van der Waals surface area (Å²) in [5.74, 6) is -6.20. The molecule has 0 aliphatic rings. The topological polar surface area (TPSA) is 217 Å². The third-order valence-corrected chi connectivity index (χ3v) is 5.17. The van der Waals surface area contributed by atoms with E-state index in [2.05, 4.69) is 9.47 Å². The normalized spacial score (nSPS) is 12.0. The van der Waals surface area contributed by atoms with Crippen LogP contribution in [0.25, 0.3) is 12.2 Å². The molecule has 0 bridgehead atoms. The molecule has 234 valence electrons. The zero-order chi connectivity index (χ0) is 32.8. The van der Waals surface area contributed by atoms with E-state index >= 15 is 0 Å². The van der Waals surface area contributed by atoms with Gasteiger partial charge in [-0.2, -0.15) is 0 Å². The Morgan fingerprint density at radius 3 is 1.25 bits per heavy atom. The summed E-state index contributed by atoms with van der Waals surface area (Å²) < 4.78 is 38.3. The van der Waals surface area contributed by atoms with Crippen LogP contribution in [0, 0.1) is 0 Å². The molecule has 0 spiro atoms. The molecule has 2 aromatic carbocycles. The predicted molar refractivity (Wildman–Crippen MR) is 145 cm³/mol. The first-order valence-electron chi connectivity index (χ1n) is 12.0. The predicted octanol–water partition coefficient (Wildman–Crippen LogP) is 2.71. The molecule has 0 heterocycles. The van der Waals surface area contributed by atoms with Crippen LogP contribution in [0.4, 0.5) is 9.59 Å². The highest BCUT2D eigenvalue weighted by Crippen LogP contribution is 2.30. The lowest BCUT2D eigenvalue weighted by molar-refractivity contribution is -0.183. The number of rotatable bonds is 13. The van der Waals surface area contributed by atoms with Gasteiger partial charge in [0.25, 0.3) is 0 Å². The second-order valence-electron chi connectivity index (χ2n) is 7.99. The summed E-state index contributed by atoms with van der Waals surface area (Å²) in [4.78, 5) is 70.9. The van der Waals surface area contributed by atoms with Gasteiger partial charge in [-0.25, -0.2) is 28.8 Å². The fraction of sp³-hybridized carbons (Fsp3) is 0.214. The molecule has 0 saturated carbocycles. The summed E-state index contributed by atoms with van der Waals surface area (Å²) in [6.45, 7) is 0. The first kappa shape index (κ1) is 34.1. The van der Waals surface area contributed by atoms with E-state index in [4.69, 9.17) is 28.4 Å². The van der Waals surface area contributed by atoms with Crippen molar-refractivity contribution in [2.24, 2.45) is 0 Å². The van der Waals surface area contributed by atoms with E-state index in [1.165, 1.54) is 62.8 Å². The quantitative estimate of drug-likeness (QED) is 0.143. The van der Waals surface area contributed by atoms with Crippen LogP contribution in [0.3, 0.4) is 0 Å². The minimum absolute atomic E-state index is 0.00826. The van der Waals surface area contributed by atoms with Crippen LogP contribution >= 0.6 is 0 Å². The van der Waals surface area contributed by atoms with Crippen molar-refractivity contribution in [1.29, 1.82) is 0 Å². The van der Waals surface area contributed by atoms with Gasteiger partial charge in [-0.05, 0) is 47.5 Å². The average Bonchev–Trinajstić information content (AvgIpc) is 3.00. The maximum Gasteiger partial charge on any atom is 0.513 e. The van der Waals surface area contributed by atoms with Crippen molar-refractivity contribution in [2.45, 2.75) is 12.2 Å². The molecule has 0 aromatic heterocycles. The van der Waals surface area contributed by atoms with Crippen molar-refractivity contribution in [3.63, 3.8) is 0 Å². The van der Waals surface area contributed by atoms with Crippen LogP contribution < -0.4 is 18.9 Å². The monoisotopic (exact) mass is 618 g/mol. The molecule has 2 N–H and O–H groups in total. The van der Waals surface area contributed by atoms with Crippen LogP contribution in [0.5, 0.6) is 23.0 Å². The summed E-state index contributed by atoms with van der Waals surface area (Å²) in [6, 6.07) is 8.19. The Morgan fingerprint density at radius 1 is 0.591 bits per heavy atom. The van der Waals surface area contributed by atoms with Crippen molar-refractivity contribution in [2.75, 3.05) is 28.4 Å². The molecule has 16 heteroatoms. The largest absolute Gasteiger partial charge is 0.513 e. The zero-order valence-corrected chi connectivity index (χ0v) is 23.5. The van der Waals surface area contributed by atoms with E-state index in [-0.39, 0.29) is 23.0 Å². The molecule has 0 radical (unpaired) electrons. The fourth-order valence-corrected chi connectivity index (χ4v) is 3.15. The Hall–Kier alpha value is -6.06. The number of hydrogen-bond acceptors (Lipinski definition) is 14. The van der Waals surface area contributed by atoms with E-state index in [9.17, 15) is 39.0 Å². The summed E-state index contributed by atoms with van der Waals surface area (Å²) in [5, 5.41) is 19.0. The van der Waals surface area contributed by atoms with Crippen LogP contribution in [-0.4, -0.2) is 87.0 Å². The van der Waals surface area contributed by atoms with Gasteiger partial charge in [0, 0.05) is 12.2 Å². The summed E-state index contributed by atoms with van der Waals surface area (Å²) >= 11 is 0. The molecule has 0 saturated heterocycles. The third-order valence-electron chi connectivity index (χ3n) is 5.17. The van der Waals surface area contributed by atoms with Gasteiger partial charge in [-0.15, -0.1) is 0 Å². The second kappa shape index (κ2) is 16.4. The highest BCUT2D eigenvalue weighted by atomic mass is 16.7. The second-order valence-corrected chi connectivity index (χ2v) is 7.99. The number of carboxylic acid groups (broad SMARTS) is 2. The number of carboxylic acids is 2. The van der Waals surface area contributed by atoms with Crippen LogP contribution in [-0.2, 0) is 38.1 Å². The molecule has 0 fully saturated rings. The molecule has 2 atom stereocenters. The smallest absolute Gasteiger partial charge is 0.493 e. The highest BCUT2D eigenvalue weighted by Gasteiger charge is 2.40. The number of hydrogen-bond donors (Lipinski definition) is 2. The lowest BCUT2D eigenvalue weighted by Crippen LogP contribution is -2.45. The van der Waals surface area contributed by atoms with Gasteiger partial charge in [-0.1, -0.05) is 12.1 Å². The van der Waals surface area contributed by atoms with E-state index < -0.39 is 48.4 Å².